The molecule has 0 spiro atoms. The molecular weight excluding hydrogens is 320 g/mol. The molecule has 0 aromatic heterocycles. The van der Waals surface area contributed by atoms with Gasteiger partial charge in [-0.2, -0.15) is 0 Å². The lowest BCUT2D eigenvalue weighted by molar-refractivity contribution is -0.137. The maximum atomic E-state index is 11.0. The van der Waals surface area contributed by atoms with Gasteiger partial charge in [-0.3, -0.25) is 4.79 Å². The number of benzene rings is 2. The molecule has 0 aliphatic heterocycles. The number of hydrogen-bond acceptors (Lipinski definition) is 4. The zero-order valence-corrected chi connectivity index (χ0v) is 14.6. The van der Waals surface area contributed by atoms with Crippen LogP contribution in [-0.4, -0.2) is 31.9 Å². The Hall–Kier alpha value is -2.53. The number of aliphatic carboxylic acids is 1. The van der Waals surface area contributed by atoms with Crippen molar-refractivity contribution in [1.29, 1.82) is 0 Å². The van der Waals surface area contributed by atoms with Crippen molar-refractivity contribution in [1.82, 2.24) is 0 Å². The lowest BCUT2D eigenvalue weighted by Crippen LogP contribution is -2.11. The summed E-state index contributed by atoms with van der Waals surface area (Å²) < 4.78 is 16.4. The van der Waals surface area contributed by atoms with E-state index in [1.54, 1.807) is 14.2 Å². The molecule has 2 aromatic rings. The molecule has 0 saturated carbocycles. The first-order valence-corrected chi connectivity index (χ1v) is 8.19. The molecule has 0 saturated heterocycles. The average molecular weight is 344 g/mol. The van der Waals surface area contributed by atoms with Crippen LogP contribution in [0, 0.1) is 0 Å². The van der Waals surface area contributed by atoms with Gasteiger partial charge < -0.3 is 19.3 Å². The monoisotopic (exact) mass is 344 g/mol. The Balaban J connectivity index is 2.07. The van der Waals surface area contributed by atoms with Gasteiger partial charge in [0.05, 0.1) is 27.4 Å². The number of carbonyl (C=O) groups is 1. The Labute approximate surface area is 148 Å². The summed E-state index contributed by atoms with van der Waals surface area (Å²) in [5.41, 5.74) is 2.07. The topological polar surface area (TPSA) is 65.0 Å². The van der Waals surface area contributed by atoms with Crippen molar-refractivity contribution in [3.63, 3.8) is 0 Å². The molecule has 5 heteroatoms. The van der Waals surface area contributed by atoms with Crippen LogP contribution in [0.4, 0.5) is 0 Å². The molecule has 2 rings (SSSR count). The van der Waals surface area contributed by atoms with Gasteiger partial charge in [0.1, 0.15) is 0 Å². The normalized spacial score (nSPS) is 11.8. The third-order valence-corrected chi connectivity index (χ3v) is 4.02. The molecule has 25 heavy (non-hydrogen) atoms. The fourth-order valence-electron chi connectivity index (χ4n) is 2.64. The van der Waals surface area contributed by atoms with Crippen LogP contribution in [0.25, 0.3) is 0 Å². The maximum absolute atomic E-state index is 11.0. The Bertz CT molecular complexity index is 669. The summed E-state index contributed by atoms with van der Waals surface area (Å²) in [5, 5.41) is 9.01. The van der Waals surface area contributed by atoms with Crippen molar-refractivity contribution in [3.8, 4) is 11.5 Å². The van der Waals surface area contributed by atoms with Gasteiger partial charge in [-0.1, -0.05) is 36.4 Å². The molecule has 0 amide bonds. The standard InChI is InChI=1S/C20H24O5/c1-23-18-10-8-16(12-19(18)24-2)17(9-11-20(21)22)14-25-13-15-6-4-3-5-7-15/h3-8,10,12,17H,9,11,13-14H2,1-2H3,(H,21,22)/t17-/m1/s1. The number of carboxylic acids is 1. The van der Waals surface area contributed by atoms with E-state index in [2.05, 4.69) is 0 Å². The molecule has 0 radical (unpaired) electrons. The van der Waals surface area contributed by atoms with Crippen molar-refractivity contribution in [3.05, 3.63) is 59.7 Å². The number of ether oxygens (including phenoxy) is 3. The van der Waals surface area contributed by atoms with E-state index in [0.29, 0.717) is 31.1 Å². The molecule has 2 aromatic carbocycles. The summed E-state index contributed by atoms with van der Waals surface area (Å²) in [5.74, 6) is 0.435. The van der Waals surface area contributed by atoms with Crippen LogP contribution >= 0.6 is 0 Å². The molecule has 1 atom stereocenters. The summed E-state index contributed by atoms with van der Waals surface area (Å²) in [4.78, 5) is 11.0. The third-order valence-electron chi connectivity index (χ3n) is 4.02. The number of rotatable bonds is 10. The van der Waals surface area contributed by atoms with E-state index >= 15 is 0 Å². The smallest absolute Gasteiger partial charge is 0.303 e. The second kappa shape index (κ2) is 9.69. The molecule has 0 aliphatic carbocycles. The minimum absolute atomic E-state index is 0.0281. The fraction of sp³-hybridized carbons (Fsp3) is 0.350. The van der Waals surface area contributed by atoms with Crippen molar-refractivity contribution >= 4 is 5.97 Å². The number of methoxy groups -OCH3 is 2. The van der Waals surface area contributed by atoms with Crippen LogP contribution in [0.5, 0.6) is 11.5 Å². The minimum atomic E-state index is -0.812. The van der Waals surface area contributed by atoms with Crippen LogP contribution in [0.3, 0.4) is 0 Å². The van der Waals surface area contributed by atoms with E-state index in [1.807, 2.05) is 48.5 Å². The lowest BCUT2D eigenvalue weighted by Gasteiger charge is -2.19. The van der Waals surface area contributed by atoms with E-state index in [9.17, 15) is 4.79 Å². The van der Waals surface area contributed by atoms with Crippen molar-refractivity contribution in [2.24, 2.45) is 0 Å². The van der Waals surface area contributed by atoms with Crippen LogP contribution in [-0.2, 0) is 16.1 Å². The first-order chi connectivity index (χ1) is 12.1. The van der Waals surface area contributed by atoms with Gasteiger partial charge in [-0.25, -0.2) is 0 Å². The van der Waals surface area contributed by atoms with Crippen molar-refractivity contribution < 1.29 is 24.1 Å². The Morgan fingerprint density at radius 2 is 1.76 bits per heavy atom. The minimum Gasteiger partial charge on any atom is -0.493 e. The summed E-state index contributed by atoms with van der Waals surface area (Å²) in [6, 6.07) is 15.5. The zero-order chi connectivity index (χ0) is 18.1. The molecule has 0 unspecified atom stereocenters. The summed E-state index contributed by atoms with van der Waals surface area (Å²) in [6.45, 7) is 0.940. The van der Waals surface area contributed by atoms with Gasteiger partial charge in [0, 0.05) is 12.3 Å². The highest BCUT2D eigenvalue weighted by Gasteiger charge is 2.16. The summed E-state index contributed by atoms with van der Waals surface area (Å²) in [6.07, 6.45) is 0.591. The average Bonchev–Trinajstić information content (AvgIpc) is 2.64. The molecule has 0 heterocycles. The van der Waals surface area contributed by atoms with E-state index in [4.69, 9.17) is 19.3 Å². The molecule has 0 fully saturated rings. The Kier molecular flexibility index (Phi) is 7.29. The second-order valence-corrected chi connectivity index (χ2v) is 5.74. The van der Waals surface area contributed by atoms with E-state index in [0.717, 1.165) is 11.1 Å². The fourth-order valence-corrected chi connectivity index (χ4v) is 2.64. The van der Waals surface area contributed by atoms with Crippen molar-refractivity contribution in [2.75, 3.05) is 20.8 Å². The molecular formula is C20H24O5. The van der Waals surface area contributed by atoms with Gasteiger partial charge in [0.25, 0.3) is 0 Å². The quantitative estimate of drug-likeness (QED) is 0.709. The number of carboxylic acid groups (broad SMARTS) is 1. The van der Waals surface area contributed by atoms with Gasteiger partial charge in [-0.15, -0.1) is 0 Å². The van der Waals surface area contributed by atoms with Crippen LogP contribution in [0.1, 0.15) is 29.9 Å². The number of hydrogen-bond donors (Lipinski definition) is 1. The highest BCUT2D eigenvalue weighted by atomic mass is 16.5. The lowest BCUT2D eigenvalue weighted by atomic mass is 9.94. The van der Waals surface area contributed by atoms with E-state index in [1.165, 1.54) is 0 Å². The van der Waals surface area contributed by atoms with Crippen LogP contribution in [0.2, 0.25) is 0 Å². The molecule has 1 N–H and O–H groups in total. The molecule has 134 valence electrons. The van der Waals surface area contributed by atoms with Crippen LogP contribution in [0.15, 0.2) is 48.5 Å². The summed E-state index contributed by atoms with van der Waals surface area (Å²) >= 11 is 0. The Morgan fingerprint density at radius 1 is 1.04 bits per heavy atom. The molecule has 0 bridgehead atoms. The van der Waals surface area contributed by atoms with Gasteiger partial charge in [0.2, 0.25) is 0 Å². The third kappa shape index (κ3) is 5.80. The SMILES string of the molecule is COc1ccc([C@H](CCC(=O)O)COCc2ccccc2)cc1OC. The highest BCUT2D eigenvalue weighted by molar-refractivity contribution is 5.66. The van der Waals surface area contributed by atoms with E-state index < -0.39 is 5.97 Å². The van der Waals surface area contributed by atoms with Crippen LogP contribution < -0.4 is 9.47 Å². The van der Waals surface area contributed by atoms with Crippen molar-refractivity contribution in [2.45, 2.75) is 25.4 Å². The first-order valence-electron chi connectivity index (χ1n) is 8.19. The van der Waals surface area contributed by atoms with E-state index in [-0.39, 0.29) is 12.3 Å². The van der Waals surface area contributed by atoms with Gasteiger partial charge in [0.15, 0.2) is 11.5 Å². The predicted molar refractivity (Wildman–Crippen MR) is 95.3 cm³/mol. The van der Waals surface area contributed by atoms with Gasteiger partial charge in [-0.05, 0) is 29.7 Å². The zero-order valence-electron chi connectivity index (χ0n) is 14.6. The summed E-state index contributed by atoms with van der Waals surface area (Å²) in [7, 11) is 3.17. The Morgan fingerprint density at radius 3 is 2.40 bits per heavy atom. The molecule has 5 nitrogen and oxygen atoms in total. The largest absolute Gasteiger partial charge is 0.493 e. The molecule has 0 aliphatic rings. The maximum Gasteiger partial charge on any atom is 0.303 e. The predicted octanol–water partition coefficient (Wildman–Crippen LogP) is 3.87. The highest BCUT2D eigenvalue weighted by Crippen LogP contribution is 2.32. The first kappa shape index (κ1) is 18.8. The second-order valence-electron chi connectivity index (χ2n) is 5.74. The van der Waals surface area contributed by atoms with Gasteiger partial charge >= 0.3 is 5.97 Å².